The first-order chi connectivity index (χ1) is 9.52. The van der Waals surface area contributed by atoms with Crippen LogP contribution in [-0.4, -0.2) is 30.5 Å². The number of anilines is 1. The van der Waals surface area contributed by atoms with Crippen LogP contribution in [0.2, 0.25) is 0 Å². The first-order valence-corrected chi connectivity index (χ1v) is 6.87. The van der Waals surface area contributed by atoms with Gasteiger partial charge in [0.15, 0.2) is 6.10 Å². The summed E-state index contributed by atoms with van der Waals surface area (Å²) >= 11 is 0. The summed E-state index contributed by atoms with van der Waals surface area (Å²) in [6, 6.07) is 7.35. The largest absolute Gasteiger partial charge is 0.477 e. The average Bonchev–Trinajstić information content (AvgIpc) is 2.45. The highest BCUT2D eigenvalue weighted by Crippen LogP contribution is 2.33. The van der Waals surface area contributed by atoms with E-state index >= 15 is 0 Å². The van der Waals surface area contributed by atoms with Crippen LogP contribution < -0.4 is 15.0 Å². The molecule has 0 aliphatic carbocycles. The molecule has 2 rings (SSSR count). The van der Waals surface area contributed by atoms with E-state index in [-0.39, 0.29) is 24.4 Å². The van der Waals surface area contributed by atoms with Gasteiger partial charge in [0.05, 0.1) is 12.2 Å². The molecule has 0 bridgehead atoms. The summed E-state index contributed by atoms with van der Waals surface area (Å²) in [5, 5.41) is 2.89. The van der Waals surface area contributed by atoms with Crippen molar-refractivity contribution in [2.75, 3.05) is 11.4 Å². The SMILES string of the molecule is CCC(C)NC(=O)C1CN(C(C)=O)c2ccccc2O1. The van der Waals surface area contributed by atoms with E-state index in [4.69, 9.17) is 4.74 Å². The Hall–Kier alpha value is -2.04. The van der Waals surface area contributed by atoms with Crippen molar-refractivity contribution in [2.45, 2.75) is 39.3 Å². The van der Waals surface area contributed by atoms with Crippen LogP contribution in [0.5, 0.6) is 5.75 Å². The van der Waals surface area contributed by atoms with Crippen molar-refractivity contribution in [3.8, 4) is 5.75 Å². The van der Waals surface area contributed by atoms with Gasteiger partial charge in [0.2, 0.25) is 5.91 Å². The predicted octanol–water partition coefficient (Wildman–Crippen LogP) is 1.72. The second-order valence-corrected chi connectivity index (χ2v) is 5.02. The molecule has 1 aromatic carbocycles. The smallest absolute Gasteiger partial charge is 0.263 e. The van der Waals surface area contributed by atoms with Gasteiger partial charge in [-0.3, -0.25) is 9.59 Å². The third-order valence-electron chi connectivity index (χ3n) is 3.45. The van der Waals surface area contributed by atoms with Crippen molar-refractivity contribution in [3.05, 3.63) is 24.3 Å². The zero-order chi connectivity index (χ0) is 14.7. The van der Waals surface area contributed by atoms with E-state index in [9.17, 15) is 9.59 Å². The van der Waals surface area contributed by atoms with Gasteiger partial charge in [-0.25, -0.2) is 0 Å². The fraction of sp³-hybridized carbons (Fsp3) is 0.467. The molecular formula is C15H20N2O3. The number of amides is 2. The number of carbonyl (C=O) groups is 2. The van der Waals surface area contributed by atoms with Crippen LogP contribution in [-0.2, 0) is 9.59 Å². The molecule has 0 fully saturated rings. The second-order valence-electron chi connectivity index (χ2n) is 5.02. The first-order valence-electron chi connectivity index (χ1n) is 6.87. The Morgan fingerprint density at radius 2 is 2.15 bits per heavy atom. The number of hydrogen-bond acceptors (Lipinski definition) is 3. The number of ether oxygens (including phenoxy) is 1. The van der Waals surface area contributed by atoms with Crippen molar-refractivity contribution >= 4 is 17.5 Å². The number of carbonyl (C=O) groups excluding carboxylic acids is 2. The standard InChI is InChI=1S/C15H20N2O3/c1-4-10(2)16-15(19)14-9-17(11(3)18)12-7-5-6-8-13(12)20-14/h5-8,10,14H,4,9H2,1-3H3,(H,16,19). The van der Waals surface area contributed by atoms with Crippen molar-refractivity contribution in [2.24, 2.45) is 0 Å². The van der Waals surface area contributed by atoms with Gasteiger partial charge in [-0.15, -0.1) is 0 Å². The maximum absolute atomic E-state index is 12.2. The molecule has 0 aromatic heterocycles. The molecule has 0 spiro atoms. The van der Waals surface area contributed by atoms with Gasteiger partial charge in [0.25, 0.3) is 5.91 Å². The van der Waals surface area contributed by atoms with Gasteiger partial charge in [-0.1, -0.05) is 19.1 Å². The lowest BCUT2D eigenvalue weighted by Gasteiger charge is -2.34. The Labute approximate surface area is 118 Å². The number of hydrogen-bond donors (Lipinski definition) is 1. The summed E-state index contributed by atoms with van der Waals surface area (Å²) in [7, 11) is 0. The minimum absolute atomic E-state index is 0.0917. The molecule has 1 aliphatic rings. The summed E-state index contributed by atoms with van der Waals surface area (Å²) in [5.74, 6) is 0.292. The monoisotopic (exact) mass is 276 g/mol. The van der Waals surface area contributed by atoms with Crippen LogP contribution in [0.1, 0.15) is 27.2 Å². The highest BCUT2D eigenvalue weighted by molar-refractivity contribution is 5.95. The fourth-order valence-corrected chi connectivity index (χ4v) is 2.11. The minimum Gasteiger partial charge on any atom is -0.477 e. The zero-order valence-electron chi connectivity index (χ0n) is 12.1. The maximum Gasteiger partial charge on any atom is 0.263 e. The molecule has 0 radical (unpaired) electrons. The molecule has 1 heterocycles. The van der Waals surface area contributed by atoms with Crippen molar-refractivity contribution in [3.63, 3.8) is 0 Å². The molecule has 0 saturated carbocycles. The topological polar surface area (TPSA) is 58.6 Å². The fourth-order valence-electron chi connectivity index (χ4n) is 2.11. The van der Waals surface area contributed by atoms with Crippen LogP contribution >= 0.6 is 0 Å². The Morgan fingerprint density at radius 1 is 1.45 bits per heavy atom. The minimum atomic E-state index is -0.664. The Morgan fingerprint density at radius 3 is 2.80 bits per heavy atom. The third-order valence-corrected chi connectivity index (χ3v) is 3.45. The Balaban J connectivity index is 2.20. The van der Waals surface area contributed by atoms with Crippen molar-refractivity contribution in [1.29, 1.82) is 0 Å². The van der Waals surface area contributed by atoms with Crippen molar-refractivity contribution < 1.29 is 14.3 Å². The van der Waals surface area contributed by atoms with Crippen LogP contribution in [0.15, 0.2) is 24.3 Å². The third kappa shape index (κ3) is 2.92. The van der Waals surface area contributed by atoms with Crippen molar-refractivity contribution in [1.82, 2.24) is 5.32 Å². The second kappa shape index (κ2) is 5.94. The molecule has 0 saturated heterocycles. The number of fused-ring (bicyclic) bond motifs is 1. The average molecular weight is 276 g/mol. The zero-order valence-corrected chi connectivity index (χ0v) is 12.1. The van der Waals surface area contributed by atoms with Gasteiger partial charge in [0, 0.05) is 13.0 Å². The summed E-state index contributed by atoms with van der Waals surface area (Å²) in [5.41, 5.74) is 0.715. The molecular weight excluding hydrogens is 256 g/mol. The highest BCUT2D eigenvalue weighted by atomic mass is 16.5. The van der Waals surface area contributed by atoms with Crippen LogP contribution in [0.4, 0.5) is 5.69 Å². The van der Waals surface area contributed by atoms with Gasteiger partial charge in [0.1, 0.15) is 5.75 Å². The lowest BCUT2D eigenvalue weighted by atomic mass is 10.1. The quantitative estimate of drug-likeness (QED) is 0.914. The van der Waals surface area contributed by atoms with Gasteiger partial charge < -0.3 is 15.0 Å². The lowest BCUT2D eigenvalue weighted by Crippen LogP contribution is -2.51. The number of nitrogens with zero attached hydrogens (tertiary/aromatic N) is 1. The number of rotatable bonds is 3. The maximum atomic E-state index is 12.2. The van der Waals surface area contributed by atoms with E-state index < -0.39 is 6.10 Å². The molecule has 2 atom stereocenters. The molecule has 1 N–H and O–H groups in total. The molecule has 2 amide bonds. The summed E-state index contributed by atoms with van der Waals surface area (Å²) in [6.07, 6.45) is 0.189. The van der Waals surface area contributed by atoms with Gasteiger partial charge in [-0.05, 0) is 25.5 Å². The number of benzene rings is 1. The Bertz CT molecular complexity index is 516. The molecule has 5 nitrogen and oxygen atoms in total. The summed E-state index contributed by atoms with van der Waals surface area (Å²) < 4.78 is 5.71. The molecule has 1 aromatic rings. The van der Waals surface area contributed by atoms with E-state index in [2.05, 4.69) is 5.32 Å². The van der Waals surface area contributed by atoms with Gasteiger partial charge >= 0.3 is 0 Å². The number of nitrogens with one attached hydrogen (secondary N) is 1. The number of para-hydroxylation sites is 2. The van der Waals surface area contributed by atoms with E-state index in [1.807, 2.05) is 32.0 Å². The molecule has 108 valence electrons. The van der Waals surface area contributed by atoms with Crippen LogP contribution in [0.25, 0.3) is 0 Å². The normalized spacial score (nSPS) is 18.8. The van der Waals surface area contributed by atoms with E-state index in [1.54, 1.807) is 11.0 Å². The van der Waals surface area contributed by atoms with E-state index in [0.29, 0.717) is 11.4 Å². The van der Waals surface area contributed by atoms with Crippen LogP contribution in [0.3, 0.4) is 0 Å². The highest BCUT2D eigenvalue weighted by Gasteiger charge is 2.32. The molecule has 20 heavy (non-hydrogen) atoms. The van der Waals surface area contributed by atoms with Crippen LogP contribution in [0, 0.1) is 0 Å². The molecule has 5 heteroatoms. The van der Waals surface area contributed by atoms with E-state index in [1.165, 1.54) is 6.92 Å². The molecule has 1 aliphatic heterocycles. The van der Waals surface area contributed by atoms with Gasteiger partial charge in [-0.2, -0.15) is 0 Å². The summed E-state index contributed by atoms with van der Waals surface area (Å²) in [6.45, 7) is 5.68. The first kappa shape index (κ1) is 14.4. The molecule has 2 unspecified atom stereocenters. The Kier molecular flexibility index (Phi) is 4.27. The lowest BCUT2D eigenvalue weighted by molar-refractivity contribution is -0.128. The summed E-state index contributed by atoms with van der Waals surface area (Å²) in [4.78, 5) is 25.5. The van der Waals surface area contributed by atoms with E-state index in [0.717, 1.165) is 6.42 Å². The predicted molar refractivity (Wildman–Crippen MR) is 76.8 cm³/mol.